The van der Waals surface area contributed by atoms with Gasteiger partial charge >= 0.3 is 6.09 Å². The summed E-state index contributed by atoms with van der Waals surface area (Å²) in [5, 5.41) is 8.50. The van der Waals surface area contributed by atoms with Gasteiger partial charge in [0.05, 0.1) is 0 Å². The van der Waals surface area contributed by atoms with E-state index >= 15 is 0 Å². The summed E-state index contributed by atoms with van der Waals surface area (Å²) in [6.45, 7) is 1.66. The Hall–Kier alpha value is -1.65. The fourth-order valence-electron chi connectivity index (χ4n) is 0.858. The summed E-state index contributed by atoms with van der Waals surface area (Å²) in [5.41, 5.74) is 0. The van der Waals surface area contributed by atoms with Gasteiger partial charge in [-0.2, -0.15) is 4.79 Å². The highest BCUT2D eigenvalue weighted by Crippen LogP contribution is 1.83. The Balaban J connectivity index is 2.77. The zero-order valence-electron chi connectivity index (χ0n) is 6.60. The maximum Gasteiger partial charge on any atom is 0.509 e. The summed E-state index contributed by atoms with van der Waals surface area (Å²) < 4.78 is 2.50. The molecule has 0 unspecified atom stereocenters. The van der Waals surface area contributed by atoms with Gasteiger partial charge in [0.15, 0.2) is 5.78 Å². The number of carboxylic acid groups (broad SMARTS) is 1. The van der Waals surface area contributed by atoms with Crippen LogP contribution in [0.1, 0.15) is 6.92 Å². The van der Waals surface area contributed by atoms with Crippen LogP contribution in [0.5, 0.6) is 0 Å². The Morgan fingerprint density at radius 1 is 1.58 bits per heavy atom. The molecule has 0 aromatic carbocycles. The molecular weight excluding hydrogens is 160 g/mol. The molecule has 12 heavy (non-hydrogen) atoms. The SMILES string of the molecule is CC(=O)C[n+]1ccn(C(=O)O)c1. The van der Waals surface area contributed by atoms with Gasteiger partial charge in [-0.05, 0) is 6.92 Å². The standard InChI is InChI=1S/C7H8N2O3/c1-6(10)4-8-2-3-9(5-8)7(11)12/h2-3,5H,4H2,1H3/p+1. The number of hydrogen-bond acceptors (Lipinski definition) is 2. The molecule has 0 saturated heterocycles. The maximum atomic E-state index is 10.6. The minimum atomic E-state index is -1.06. The van der Waals surface area contributed by atoms with Crippen molar-refractivity contribution in [3.05, 3.63) is 18.7 Å². The first-order chi connectivity index (χ1) is 5.59. The van der Waals surface area contributed by atoms with Crippen molar-refractivity contribution in [3.63, 3.8) is 0 Å². The molecule has 0 amide bonds. The summed E-state index contributed by atoms with van der Waals surface area (Å²) in [7, 11) is 0. The lowest BCUT2D eigenvalue weighted by atomic mass is 10.4. The van der Waals surface area contributed by atoms with Crippen LogP contribution in [0.15, 0.2) is 18.7 Å². The first-order valence-corrected chi connectivity index (χ1v) is 3.39. The fraction of sp³-hybridized carbons (Fsp3) is 0.286. The van der Waals surface area contributed by atoms with E-state index in [1.165, 1.54) is 30.2 Å². The van der Waals surface area contributed by atoms with Crippen LogP contribution in [-0.4, -0.2) is 21.6 Å². The molecule has 1 aromatic heterocycles. The molecule has 0 aliphatic carbocycles. The average molecular weight is 169 g/mol. The van der Waals surface area contributed by atoms with E-state index in [9.17, 15) is 9.59 Å². The predicted octanol–water partition coefficient (Wildman–Crippen LogP) is -0.109. The van der Waals surface area contributed by atoms with Crippen molar-refractivity contribution in [1.82, 2.24) is 4.57 Å². The highest BCUT2D eigenvalue weighted by molar-refractivity contribution is 5.73. The van der Waals surface area contributed by atoms with Crippen molar-refractivity contribution in [2.24, 2.45) is 0 Å². The second-order valence-electron chi connectivity index (χ2n) is 2.48. The molecule has 0 saturated carbocycles. The number of Topliss-reactive ketones (excluding diaryl/α,β-unsaturated/α-hetero) is 1. The van der Waals surface area contributed by atoms with Gasteiger partial charge in [0.25, 0.3) is 6.33 Å². The molecule has 5 heteroatoms. The maximum absolute atomic E-state index is 10.6. The van der Waals surface area contributed by atoms with Crippen molar-refractivity contribution < 1.29 is 19.3 Å². The Labute approximate surface area is 68.9 Å². The van der Waals surface area contributed by atoms with Crippen LogP contribution < -0.4 is 4.57 Å². The van der Waals surface area contributed by atoms with E-state index in [-0.39, 0.29) is 12.3 Å². The third-order valence-corrected chi connectivity index (χ3v) is 1.32. The molecule has 0 aliphatic heterocycles. The molecule has 0 fully saturated rings. The van der Waals surface area contributed by atoms with Gasteiger partial charge in [0.1, 0.15) is 18.9 Å². The van der Waals surface area contributed by atoms with E-state index < -0.39 is 6.09 Å². The van der Waals surface area contributed by atoms with E-state index in [1.807, 2.05) is 0 Å². The van der Waals surface area contributed by atoms with E-state index in [0.29, 0.717) is 0 Å². The third-order valence-electron chi connectivity index (χ3n) is 1.32. The minimum Gasteiger partial charge on any atom is -0.446 e. The molecule has 5 nitrogen and oxygen atoms in total. The van der Waals surface area contributed by atoms with Crippen LogP contribution >= 0.6 is 0 Å². The van der Waals surface area contributed by atoms with Crippen LogP contribution in [-0.2, 0) is 11.3 Å². The minimum absolute atomic E-state index is 0.0110. The Morgan fingerprint density at radius 3 is 2.67 bits per heavy atom. The number of nitrogens with zero attached hydrogens (tertiary/aromatic N) is 2. The molecule has 1 rings (SSSR count). The molecule has 1 N–H and O–H groups in total. The second-order valence-corrected chi connectivity index (χ2v) is 2.48. The lowest BCUT2D eigenvalue weighted by Crippen LogP contribution is -2.35. The van der Waals surface area contributed by atoms with Crippen LogP contribution in [0.3, 0.4) is 0 Å². The van der Waals surface area contributed by atoms with Gasteiger partial charge in [-0.1, -0.05) is 0 Å². The lowest BCUT2D eigenvalue weighted by Gasteiger charge is -1.87. The van der Waals surface area contributed by atoms with E-state index in [1.54, 1.807) is 0 Å². The number of imidazole rings is 1. The first kappa shape index (κ1) is 8.45. The highest BCUT2D eigenvalue weighted by atomic mass is 16.4. The van der Waals surface area contributed by atoms with Crippen LogP contribution in [0.2, 0.25) is 0 Å². The average Bonchev–Trinajstić information content (AvgIpc) is 2.34. The van der Waals surface area contributed by atoms with Gasteiger partial charge in [-0.15, -0.1) is 4.57 Å². The van der Waals surface area contributed by atoms with Gasteiger partial charge in [-0.25, -0.2) is 4.57 Å². The molecule has 64 valence electrons. The Bertz CT molecular complexity index is 316. The Morgan fingerprint density at radius 2 is 2.25 bits per heavy atom. The molecule has 0 spiro atoms. The predicted molar refractivity (Wildman–Crippen MR) is 38.7 cm³/mol. The quantitative estimate of drug-likeness (QED) is 0.628. The molecule has 1 heterocycles. The van der Waals surface area contributed by atoms with Crippen LogP contribution in [0.25, 0.3) is 0 Å². The second kappa shape index (κ2) is 3.17. The van der Waals surface area contributed by atoms with Crippen LogP contribution in [0, 0.1) is 0 Å². The first-order valence-electron chi connectivity index (χ1n) is 3.39. The van der Waals surface area contributed by atoms with Gasteiger partial charge < -0.3 is 5.11 Å². The van der Waals surface area contributed by atoms with Gasteiger partial charge in [0, 0.05) is 0 Å². The lowest BCUT2D eigenvalue weighted by molar-refractivity contribution is -0.683. The largest absolute Gasteiger partial charge is 0.509 e. The van der Waals surface area contributed by atoms with E-state index in [0.717, 1.165) is 4.57 Å². The van der Waals surface area contributed by atoms with E-state index in [4.69, 9.17) is 5.11 Å². The topological polar surface area (TPSA) is 63.2 Å². The molecule has 0 bridgehead atoms. The van der Waals surface area contributed by atoms with Crippen molar-refractivity contribution in [1.29, 1.82) is 0 Å². The summed E-state index contributed by atoms with van der Waals surface area (Å²) in [6, 6.07) is 0. The third kappa shape index (κ3) is 1.91. The number of carbonyl (C=O) groups is 2. The van der Waals surface area contributed by atoms with E-state index in [2.05, 4.69) is 0 Å². The number of hydrogen-bond donors (Lipinski definition) is 1. The molecule has 0 radical (unpaired) electrons. The number of ketones is 1. The van der Waals surface area contributed by atoms with Crippen molar-refractivity contribution in [2.45, 2.75) is 13.5 Å². The molecular formula is C7H9N2O3+. The molecule has 0 atom stereocenters. The van der Waals surface area contributed by atoms with Crippen molar-refractivity contribution >= 4 is 11.9 Å². The summed E-state index contributed by atoms with van der Waals surface area (Å²) in [5.74, 6) is -0.0110. The zero-order chi connectivity index (χ0) is 9.14. The molecule has 0 aliphatic rings. The number of carbonyl (C=O) groups excluding carboxylic acids is 1. The number of rotatable bonds is 2. The monoisotopic (exact) mass is 169 g/mol. The highest BCUT2D eigenvalue weighted by Gasteiger charge is 2.10. The van der Waals surface area contributed by atoms with Gasteiger partial charge in [0.2, 0.25) is 0 Å². The van der Waals surface area contributed by atoms with Crippen molar-refractivity contribution in [3.8, 4) is 0 Å². The van der Waals surface area contributed by atoms with Crippen LogP contribution in [0.4, 0.5) is 4.79 Å². The van der Waals surface area contributed by atoms with Crippen molar-refractivity contribution in [2.75, 3.05) is 0 Å². The fourth-order valence-corrected chi connectivity index (χ4v) is 0.858. The normalized spacial score (nSPS) is 9.75. The smallest absolute Gasteiger partial charge is 0.446 e. The summed E-state index contributed by atoms with van der Waals surface area (Å²) in [4.78, 5) is 21.0. The molecule has 1 aromatic rings. The summed E-state index contributed by atoms with van der Waals surface area (Å²) >= 11 is 0. The van der Waals surface area contributed by atoms with Gasteiger partial charge in [-0.3, -0.25) is 4.79 Å². The Kier molecular flexibility index (Phi) is 2.23. The summed E-state index contributed by atoms with van der Waals surface area (Å²) in [6.07, 6.45) is 3.21. The zero-order valence-corrected chi connectivity index (χ0v) is 6.60. The number of aromatic nitrogens is 2.